The van der Waals surface area contributed by atoms with Crippen LogP contribution in [0.2, 0.25) is 0 Å². The molecule has 0 fully saturated rings. The zero-order valence-corrected chi connectivity index (χ0v) is 26.0. The van der Waals surface area contributed by atoms with Crippen molar-refractivity contribution in [2.45, 2.75) is 45.4 Å². The number of nitrogens with zero attached hydrogens (tertiary/aromatic N) is 1. The molecule has 0 amide bonds. The van der Waals surface area contributed by atoms with E-state index >= 15 is 0 Å². The molecule has 0 spiro atoms. The second-order valence-electron chi connectivity index (χ2n) is 11.8. The fraction of sp³-hybridized carbons (Fsp3) is 0.189. The average Bonchev–Trinajstić information content (AvgIpc) is 2.99. The van der Waals surface area contributed by atoms with Gasteiger partial charge in [-0.15, -0.1) is 0 Å². The summed E-state index contributed by atoms with van der Waals surface area (Å²) in [5.41, 5.74) is 11.4. The van der Waals surface area contributed by atoms with E-state index in [1.165, 1.54) is 55.2 Å². The Balaban J connectivity index is 1.43. The van der Waals surface area contributed by atoms with Crippen molar-refractivity contribution >= 4 is 62.8 Å². The lowest BCUT2D eigenvalue weighted by Crippen LogP contribution is -2.62. The predicted molar refractivity (Wildman–Crippen MR) is 182 cm³/mol. The molecule has 41 heavy (non-hydrogen) atoms. The fourth-order valence-corrected chi connectivity index (χ4v) is 7.35. The predicted octanol–water partition coefficient (Wildman–Crippen LogP) is 8.36. The Kier molecular flexibility index (Phi) is 6.70. The van der Waals surface area contributed by atoms with Crippen LogP contribution in [-0.2, 0) is 11.8 Å². The van der Waals surface area contributed by atoms with Crippen molar-refractivity contribution in [1.29, 1.82) is 0 Å². The van der Waals surface area contributed by atoms with Crippen LogP contribution in [0.4, 0.5) is 17.1 Å². The molecule has 0 unspecified atom stereocenters. The minimum atomic E-state index is -0.186. The highest BCUT2D eigenvalue weighted by molar-refractivity contribution is 14.1. The van der Waals surface area contributed by atoms with Gasteiger partial charge in [0.2, 0.25) is 0 Å². The molecule has 5 aromatic carbocycles. The van der Waals surface area contributed by atoms with E-state index in [1.54, 1.807) is 0 Å². The van der Waals surface area contributed by atoms with E-state index in [-0.39, 0.29) is 12.1 Å². The highest BCUT2D eigenvalue weighted by Gasteiger charge is 2.45. The third kappa shape index (κ3) is 4.48. The number of unbranched alkanes of at least 4 members (excludes halogenated alkanes) is 1. The molecule has 2 aliphatic rings. The number of para-hydroxylation sites is 2. The van der Waals surface area contributed by atoms with E-state index in [0.717, 1.165) is 29.3 Å². The van der Waals surface area contributed by atoms with Crippen LogP contribution in [0, 0.1) is 3.57 Å². The third-order valence-corrected chi connectivity index (χ3v) is 9.43. The molecule has 0 aliphatic carbocycles. The van der Waals surface area contributed by atoms with E-state index < -0.39 is 0 Å². The van der Waals surface area contributed by atoms with Gasteiger partial charge in [0, 0.05) is 26.0 Å². The molecular formula is C37H33BINO. The van der Waals surface area contributed by atoms with Gasteiger partial charge in [-0.05, 0) is 118 Å². The fourth-order valence-electron chi connectivity index (χ4n) is 6.75. The SMILES string of the molecule is CCCCc1ccc2c(c1)Oc1cc(I)cc3c1B2c1ccc(N(c2ccccc2)c2ccccc2)cc1C3(C)C. The van der Waals surface area contributed by atoms with Crippen molar-refractivity contribution in [3.8, 4) is 11.5 Å². The quantitative estimate of drug-likeness (QED) is 0.133. The van der Waals surface area contributed by atoms with Gasteiger partial charge in [-0.1, -0.05) is 87.3 Å². The largest absolute Gasteiger partial charge is 0.458 e. The Morgan fingerprint density at radius 3 is 2.07 bits per heavy atom. The molecule has 0 saturated heterocycles. The van der Waals surface area contributed by atoms with Crippen LogP contribution in [0.25, 0.3) is 0 Å². The zero-order chi connectivity index (χ0) is 28.1. The van der Waals surface area contributed by atoms with Crippen LogP contribution in [-0.4, -0.2) is 6.71 Å². The molecular weight excluding hydrogens is 612 g/mol. The molecule has 2 heterocycles. The van der Waals surface area contributed by atoms with Crippen molar-refractivity contribution in [1.82, 2.24) is 0 Å². The molecule has 5 aromatic rings. The summed E-state index contributed by atoms with van der Waals surface area (Å²) >= 11 is 2.45. The van der Waals surface area contributed by atoms with Gasteiger partial charge in [-0.3, -0.25) is 0 Å². The van der Waals surface area contributed by atoms with Crippen LogP contribution < -0.4 is 26.0 Å². The molecule has 0 saturated carbocycles. The summed E-state index contributed by atoms with van der Waals surface area (Å²) < 4.78 is 7.91. The maximum Gasteiger partial charge on any atom is 0.251 e. The molecule has 202 valence electrons. The van der Waals surface area contributed by atoms with Crippen LogP contribution in [0.5, 0.6) is 11.5 Å². The Bertz CT molecular complexity index is 1710. The van der Waals surface area contributed by atoms with Gasteiger partial charge in [0.05, 0.1) is 0 Å². The van der Waals surface area contributed by atoms with Crippen molar-refractivity contribution < 1.29 is 4.74 Å². The summed E-state index contributed by atoms with van der Waals surface area (Å²) in [4.78, 5) is 2.37. The zero-order valence-electron chi connectivity index (χ0n) is 23.8. The summed E-state index contributed by atoms with van der Waals surface area (Å²) in [5, 5.41) is 0. The first kappa shape index (κ1) is 26.4. The van der Waals surface area contributed by atoms with E-state index in [0.29, 0.717) is 0 Å². The van der Waals surface area contributed by atoms with E-state index in [4.69, 9.17) is 4.74 Å². The highest BCUT2D eigenvalue weighted by Crippen LogP contribution is 2.42. The van der Waals surface area contributed by atoms with E-state index in [1.807, 2.05) is 0 Å². The van der Waals surface area contributed by atoms with Crippen LogP contribution >= 0.6 is 22.6 Å². The van der Waals surface area contributed by atoms with Crippen molar-refractivity contribution in [3.05, 3.63) is 129 Å². The summed E-state index contributed by atoms with van der Waals surface area (Å²) in [6.45, 7) is 7.15. The Hall–Kier alpha value is -3.51. The summed E-state index contributed by atoms with van der Waals surface area (Å²) in [6, 6.07) is 40.0. The molecule has 2 aliphatic heterocycles. The van der Waals surface area contributed by atoms with Crippen molar-refractivity contribution in [3.63, 3.8) is 0 Å². The molecule has 0 atom stereocenters. The number of fused-ring (bicyclic) bond motifs is 4. The Morgan fingerprint density at radius 1 is 0.707 bits per heavy atom. The third-order valence-electron chi connectivity index (χ3n) is 8.80. The number of benzene rings is 5. The van der Waals surface area contributed by atoms with Crippen molar-refractivity contribution in [2.75, 3.05) is 4.90 Å². The lowest BCUT2D eigenvalue weighted by molar-refractivity contribution is 0.483. The second kappa shape index (κ2) is 10.4. The summed E-state index contributed by atoms with van der Waals surface area (Å²) in [6.07, 6.45) is 3.47. The molecule has 0 N–H and O–H groups in total. The topological polar surface area (TPSA) is 12.5 Å². The number of hydrogen-bond donors (Lipinski definition) is 0. The number of ether oxygens (including phenoxy) is 1. The minimum absolute atomic E-state index is 0.153. The first-order chi connectivity index (χ1) is 20.0. The van der Waals surface area contributed by atoms with Gasteiger partial charge in [0.25, 0.3) is 6.71 Å². The molecule has 0 radical (unpaired) electrons. The average molecular weight is 645 g/mol. The highest BCUT2D eigenvalue weighted by atomic mass is 127. The van der Waals surface area contributed by atoms with E-state index in [9.17, 15) is 0 Å². The van der Waals surface area contributed by atoms with Gasteiger partial charge >= 0.3 is 0 Å². The van der Waals surface area contributed by atoms with Gasteiger partial charge < -0.3 is 9.64 Å². The van der Waals surface area contributed by atoms with Gasteiger partial charge in [0.1, 0.15) is 11.5 Å². The summed E-state index contributed by atoms with van der Waals surface area (Å²) in [5.74, 6) is 2.02. The normalized spacial score (nSPS) is 14.0. The summed E-state index contributed by atoms with van der Waals surface area (Å²) in [7, 11) is 0. The number of halogens is 1. The molecule has 2 nitrogen and oxygen atoms in total. The number of hydrogen-bond acceptors (Lipinski definition) is 2. The standard InChI is InChI=1S/C37H33BINO/c1-4-5-12-25-17-19-33-34(21-25)41-35-23-26(39)22-31-36(35)38(33)32-20-18-29(24-30(32)37(31,2)3)40(27-13-8-6-9-14-27)28-15-10-7-11-16-28/h6-11,13-24H,4-5,12H2,1-3H3. The van der Waals surface area contributed by atoms with Crippen LogP contribution in [0.15, 0.2) is 109 Å². The molecule has 4 heteroatoms. The van der Waals surface area contributed by atoms with E-state index in [2.05, 4.69) is 157 Å². The number of rotatable bonds is 6. The first-order valence-electron chi connectivity index (χ1n) is 14.6. The van der Waals surface area contributed by atoms with Gasteiger partial charge in [-0.2, -0.15) is 0 Å². The molecule has 7 rings (SSSR count). The van der Waals surface area contributed by atoms with Gasteiger partial charge in [0.15, 0.2) is 0 Å². The minimum Gasteiger partial charge on any atom is -0.458 e. The monoisotopic (exact) mass is 645 g/mol. The Morgan fingerprint density at radius 2 is 1.39 bits per heavy atom. The molecule has 0 aromatic heterocycles. The lowest BCUT2D eigenvalue weighted by atomic mass is 9.30. The maximum absolute atomic E-state index is 6.70. The lowest BCUT2D eigenvalue weighted by Gasteiger charge is -2.42. The first-order valence-corrected chi connectivity index (χ1v) is 15.7. The number of aryl methyl sites for hydroxylation is 1. The number of anilines is 3. The van der Waals surface area contributed by atoms with Crippen molar-refractivity contribution in [2.24, 2.45) is 0 Å². The smallest absolute Gasteiger partial charge is 0.251 e. The van der Waals surface area contributed by atoms with Crippen LogP contribution in [0.1, 0.15) is 50.3 Å². The van der Waals surface area contributed by atoms with Crippen LogP contribution in [0.3, 0.4) is 0 Å². The van der Waals surface area contributed by atoms with Gasteiger partial charge in [-0.25, -0.2) is 0 Å². The molecule has 0 bridgehead atoms. The second-order valence-corrected chi connectivity index (χ2v) is 13.0. The maximum atomic E-state index is 6.70. The Labute approximate surface area is 257 Å².